The summed E-state index contributed by atoms with van der Waals surface area (Å²) in [5.41, 5.74) is 2.17. The molecule has 1 N–H and O–H groups in total. The van der Waals surface area contributed by atoms with Crippen LogP contribution in [0.25, 0.3) is 0 Å². The maximum Gasteiger partial charge on any atom is 0.213 e. The molecule has 0 amide bonds. The summed E-state index contributed by atoms with van der Waals surface area (Å²) in [7, 11) is 0. The second kappa shape index (κ2) is 7.25. The highest BCUT2D eigenvalue weighted by molar-refractivity contribution is 5.10. The molecule has 0 aliphatic carbocycles. The van der Waals surface area contributed by atoms with Gasteiger partial charge in [0.2, 0.25) is 5.88 Å². The van der Waals surface area contributed by atoms with E-state index in [2.05, 4.69) is 47.8 Å². The van der Waals surface area contributed by atoms with Gasteiger partial charge in [-0.2, -0.15) is 5.10 Å². The quantitative estimate of drug-likeness (QED) is 0.752. The lowest BCUT2D eigenvalue weighted by Gasteiger charge is -2.25. The first-order chi connectivity index (χ1) is 12.7. The summed E-state index contributed by atoms with van der Waals surface area (Å²) in [4.78, 5) is 6.62. The highest BCUT2D eigenvalue weighted by Crippen LogP contribution is 2.18. The number of ether oxygens (including phenoxy) is 1. The molecule has 0 saturated heterocycles. The molecule has 1 aliphatic heterocycles. The van der Waals surface area contributed by atoms with Crippen LogP contribution in [0.3, 0.4) is 0 Å². The monoisotopic (exact) mass is 353 g/mol. The van der Waals surface area contributed by atoms with Gasteiger partial charge in [-0.05, 0) is 26.0 Å². The van der Waals surface area contributed by atoms with Gasteiger partial charge in [0.25, 0.3) is 0 Å². The molecule has 0 radical (unpaired) electrons. The van der Waals surface area contributed by atoms with Crippen LogP contribution < -0.4 is 4.74 Å². The Kier molecular flexibility index (Phi) is 4.66. The van der Waals surface area contributed by atoms with Gasteiger partial charge in [-0.1, -0.05) is 6.07 Å². The van der Waals surface area contributed by atoms with E-state index in [9.17, 15) is 0 Å². The number of rotatable bonds is 5. The third-order valence-electron chi connectivity index (χ3n) is 4.73. The van der Waals surface area contributed by atoms with Gasteiger partial charge in [0.05, 0.1) is 5.69 Å². The third kappa shape index (κ3) is 3.60. The number of hydrogen-bond donors (Lipinski definition) is 1. The molecule has 0 fully saturated rings. The lowest BCUT2D eigenvalue weighted by molar-refractivity contribution is 0.198. The van der Waals surface area contributed by atoms with Crippen molar-refractivity contribution in [2.24, 2.45) is 0 Å². The number of aryl methyl sites for hydroxylation is 1. The van der Waals surface area contributed by atoms with Crippen LogP contribution in [0.2, 0.25) is 0 Å². The minimum atomic E-state index is 0.372. The molecule has 3 aromatic heterocycles. The van der Waals surface area contributed by atoms with Crippen molar-refractivity contribution in [1.82, 2.24) is 34.8 Å². The van der Waals surface area contributed by atoms with Crippen LogP contribution in [0, 0.1) is 6.92 Å². The van der Waals surface area contributed by atoms with Crippen LogP contribution in [-0.2, 0) is 26.1 Å². The zero-order valence-corrected chi connectivity index (χ0v) is 15.1. The van der Waals surface area contributed by atoms with E-state index in [-0.39, 0.29) is 0 Å². The molecule has 0 spiro atoms. The number of aromatic amines is 1. The first-order valence-corrected chi connectivity index (χ1v) is 8.89. The van der Waals surface area contributed by atoms with Gasteiger partial charge in [-0.25, -0.2) is 4.98 Å². The third-order valence-corrected chi connectivity index (χ3v) is 4.73. The van der Waals surface area contributed by atoms with Crippen molar-refractivity contribution in [3.05, 3.63) is 53.5 Å². The molecule has 0 saturated carbocycles. The number of pyridine rings is 1. The molecule has 3 aromatic rings. The fourth-order valence-electron chi connectivity index (χ4n) is 3.30. The van der Waals surface area contributed by atoms with Gasteiger partial charge in [0.15, 0.2) is 5.82 Å². The molecular weight excluding hydrogens is 330 g/mol. The van der Waals surface area contributed by atoms with Crippen molar-refractivity contribution in [2.75, 3.05) is 6.54 Å². The van der Waals surface area contributed by atoms with Gasteiger partial charge in [-0.15, -0.1) is 10.2 Å². The maximum absolute atomic E-state index is 5.75. The molecular formula is C18H23N7O. The van der Waals surface area contributed by atoms with Gasteiger partial charge in [-0.3, -0.25) is 10.00 Å². The largest absolute Gasteiger partial charge is 0.469 e. The van der Waals surface area contributed by atoms with Gasteiger partial charge in [0.1, 0.15) is 12.4 Å². The van der Waals surface area contributed by atoms with Crippen molar-refractivity contribution >= 4 is 0 Å². The van der Waals surface area contributed by atoms with Crippen LogP contribution in [0.1, 0.15) is 30.0 Å². The number of H-pyrrole nitrogens is 1. The zero-order chi connectivity index (χ0) is 17.9. The zero-order valence-electron chi connectivity index (χ0n) is 15.1. The molecule has 26 heavy (non-hydrogen) atoms. The molecule has 4 heterocycles. The van der Waals surface area contributed by atoms with Crippen LogP contribution in [-0.4, -0.2) is 47.4 Å². The van der Waals surface area contributed by atoms with Crippen LogP contribution in [0.4, 0.5) is 0 Å². The normalized spacial score (nSPS) is 17.7. The molecule has 136 valence electrons. The number of nitrogens with one attached hydrogen (secondary N) is 1. The Labute approximate surface area is 152 Å². The van der Waals surface area contributed by atoms with Gasteiger partial charge in [0, 0.05) is 50.1 Å². The summed E-state index contributed by atoms with van der Waals surface area (Å²) in [6, 6.07) is 8.09. The lowest BCUT2D eigenvalue weighted by Crippen LogP contribution is -2.34. The van der Waals surface area contributed by atoms with Crippen LogP contribution in [0.5, 0.6) is 5.88 Å². The molecule has 4 rings (SSSR count). The molecule has 8 heteroatoms. The lowest BCUT2D eigenvalue weighted by atomic mass is 10.2. The number of nitrogens with zero attached hydrogens (tertiary/aromatic N) is 6. The van der Waals surface area contributed by atoms with E-state index < -0.39 is 0 Å². The Morgan fingerprint density at radius 1 is 1.27 bits per heavy atom. The van der Waals surface area contributed by atoms with Crippen molar-refractivity contribution < 1.29 is 4.74 Å². The summed E-state index contributed by atoms with van der Waals surface area (Å²) < 4.78 is 7.92. The van der Waals surface area contributed by atoms with Gasteiger partial charge >= 0.3 is 0 Å². The van der Waals surface area contributed by atoms with Crippen molar-refractivity contribution in [3.8, 4) is 5.88 Å². The Balaban J connectivity index is 1.44. The van der Waals surface area contributed by atoms with E-state index in [1.54, 1.807) is 6.20 Å². The Bertz CT molecular complexity index is 858. The molecule has 1 unspecified atom stereocenters. The van der Waals surface area contributed by atoms with E-state index in [4.69, 9.17) is 4.74 Å². The van der Waals surface area contributed by atoms with Crippen LogP contribution in [0.15, 0.2) is 30.5 Å². The molecule has 1 aliphatic rings. The summed E-state index contributed by atoms with van der Waals surface area (Å²) in [5.74, 6) is 2.45. The summed E-state index contributed by atoms with van der Waals surface area (Å²) in [6.45, 7) is 7.23. The van der Waals surface area contributed by atoms with Gasteiger partial charge < -0.3 is 9.30 Å². The summed E-state index contributed by atoms with van der Waals surface area (Å²) in [5, 5.41) is 16.1. The van der Waals surface area contributed by atoms with Crippen molar-refractivity contribution in [2.45, 2.75) is 46.0 Å². The Morgan fingerprint density at radius 2 is 2.19 bits per heavy atom. The highest BCUT2D eigenvalue weighted by Gasteiger charge is 2.24. The van der Waals surface area contributed by atoms with E-state index in [1.807, 2.05) is 25.1 Å². The van der Waals surface area contributed by atoms with E-state index in [1.165, 1.54) is 0 Å². The second-order valence-corrected chi connectivity index (χ2v) is 6.71. The smallest absolute Gasteiger partial charge is 0.213 e. The Morgan fingerprint density at radius 3 is 2.96 bits per heavy atom. The maximum atomic E-state index is 5.75. The first-order valence-electron chi connectivity index (χ1n) is 8.89. The molecule has 1 atom stereocenters. The summed E-state index contributed by atoms with van der Waals surface area (Å²) in [6.07, 6.45) is 2.58. The van der Waals surface area contributed by atoms with E-state index in [0.717, 1.165) is 49.1 Å². The second-order valence-electron chi connectivity index (χ2n) is 6.71. The fourth-order valence-corrected chi connectivity index (χ4v) is 3.30. The van der Waals surface area contributed by atoms with Crippen molar-refractivity contribution in [1.29, 1.82) is 0 Å². The first kappa shape index (κ1) is 16.7. The predicted octanol–water partition coefficient (Wildman–Crippen LogP) is 1.73. The van der Waals surface area contributed by atoms with Crippen LogP contribution >= 0.6 is 0 Å². The Hall–Kier alpha value is -2.74. The van der Waals surface area contributed by atoms with Crippen molar-refractivity contribution in [3.63, 3.8) is 0 Å². The topological polar surface area (TPSA) is 84.8 Å². The summed E-state index contributed by atoms with van der Waals surface area (Å²) >= 11 is 0. The molecule has 8 nitrogen and oxygen atoms in total. The number of fused-ring (bicyclic) bond motifs is 1. The minimum absolute atomic E-state index is 0.372. The molecule has 0 aromatic carbocycles. The van der Waals surface area contributed by atoms with E-state index in [0.29, 0.717) is 18.5 Å². The standard InChI is InChI=1S/C18H23N7O/c1-13-9-15(21-20-13)11-24-7-8-25-16(10-14(24)2)22-23-17(25)12-26-18-5-3-4-6-19-18/h3-6,9,14H,7-8,10-12H2,1-2H3,(H,20,21). The minimum Gasteiger partial charge on any atom is -0.469 e. The average Bonchev–Trinajstić information content (AvgIpc) is 3.19. The predicted molar refractivity (Wildman–Crippen MR) is 95.5 cm³/mol. The van der Waals surface area contributed by atoms with E-state index >= 15 is 0 Å². The average molecular weight is 353 g/mol. The number of hydrogen-bond acceptors (Lipinski definition) is 6. The fraction of sp³-hybridized carbons (Fsp3) is 0.444. The highest BCUT2D eigenvalue weighted by atomic mass is 16.5. The number of aromatic nitrogens is 6. The SMILES string of the molecule is Cc1cc(CN2CCn3c(COc4ccccn4)nnc3CC2C)n[nH]1. The molecule has 0 bridgehead atoms.